The van der Waals surface area contributed by atoms with E-state index in [2.05, 4.69) is 32.6 Å². The largest absolute Gasteiger partial charge is 0.335 e. The highest BCUT2D eigenvalue weighted by molar-refractivity contribution is 14.1. The third-order valence-electron chi connectivity index (χ3n) is 1.45. The maximum Gasteiger partial charge on any atom is 0.141 e. The van der Waals surface area contributed by atoms with E-state index in [1.807, 2.05) is 0 Å². The van der Waals surface area contributed by atoms with Crippen LogP contribution in [0, 0.1) is 9.52 Å². The van der Waals surface area contributed by atoms with Gasteiger partial charge in [0, 0.05) is 6.20 Å². The molecular weight excluding hydrogens is 258 g/mol. The molecule has 2 aromatic heterocycles. The molecule has 0 spiro atoms. The van der Waals surface area contributed by atoms with Crippen LogP contribution in [0.2, 0.25) is 0 Å². The van der Waals surface area contributed by atoms with Gasteiger partial charge in [0.25, 0.3) is 0 Å². The Hall–Kier alpha value is -0.650. The monoisotopic (exact) mass is 262 g/mol. The maximum absolute atomic E-state index is 12.9. The van der Waals surface area contributed by atoms with Crippen LogP contribution in [-0.4, -0.2) is 9.97 Å². The van der Waals surface area contributed by atoms with Crippen molar-refractivity contribution < 1.29 is 4.39 Å². The second-order valence-electron chi connectivity index (χ2n) is 2.17. The SMILES string of the molecule is Fc1ccnc2[nH]c(I)cc12. The van der Waals surface area contributed by atoms with E-state index in [1.54, 1.807) is 6.07 Å². The van der Waals surface area contributed by atoms with E-state index in [0.717, 1.165) is 3.70 Å². The first-order chi connectivity index (χ1) is 5.27. The summed E-state index contributed by atoms with van der Waals surface area (Å²) in [5.41, 5.74) is 0.606. The van der Waals surface area contributed by atoms with Crippen molar-refractivity contribution in [3.05, 3.63) is 27.8 Å². The molecular formula is C7H4FIN2. The Morgan fingerprint density at radius 3 is 3.09 bits per heavy atom. The predicted octanol–water partition coefficient (Wildman–Crippen LogP) is 2.31. The molecule has 0 aromatic carbocycles. The molecule has 2 nitrogen and oxygen atoms in total. The van der Waals surface area contributed by atoms with Crippen LogP contribution in [0.15, 0.2) is 18.3 Å². The Balaban J connectivity index is 2.90. The van der Waals surface area contributed by atoms with Crippen molar-refractivity contribution in [2.45, 2.75) is 0 Å². The fraction of sp³-hybridized carbons (Fsp3) is 0. The Morgan fingerprint density at radius 2 is 2.36 bits per heavy atom. The number of aromatic amines is 1. The Bertz CT molecular complexity index is 396. The minimum atomic E-state index is -0.228. The first-order valence-corrected chi connectivity index (χ1v) is 4.14. The number of H-pyrrole nitrogens is 1. The Labute approximate surface area is 76.0 Å². The topological polar surface area (TPSA) is 28.7 Å². The molecule has 0 saturated carbocycles. The van der Waals surface area contributed by atoms with Gasteiger partial charge in [0.1, 0.15) is 11.5 Å². The summed E-state index contributed by atoms with van der Waals surface area (Å²) in [5, 5.41) is 0.553. The van der Waals surface area contributed by atoms with Crippen LogP contribution in [0.1, 0.15) is 0 Å². The van der Waals surface area contributed by atoms with Gasteiger partial charge in [-0.1, -0.05) is 0 Å². The fourth-order valence-electron chi connectivity index (χ4n) is 0.963. The average molecular weight is 262 g/mol. The van der Waals surface area contributed by atoms with Crippen LogP contribution < -0.4 is 0 Å². The van der Waals surface area contributed by atoms with Crippen molar-refractivity contribution in [3.8, 4) is 0 Å². The van der Waals surface area contributed by atoms with Crippen LogP contribution in [0.3, 0.4) is 0 Å². The molecule has 0 unspecified atom stereocenters. The molecule has 2 heterocycles. The van der Waals surface area contributed by atoms with Crippen molar-refractivity contribution in [1.82, 2.24) is 9.97 Å². The summed E-state index contributed by atoms with van der Waals surface area (Å²) in [6.07, 6.45) is 1.45. The first kappa shape index (κ1) is 7.02. The highest BCUT2D eigenvalue weighted by atomic mass is 127. The number of hydrogen-bond donors (Lipinski definition) is 1. The summed E-state index contributed by atoms with van der Waals surface area (Å²) >= 11 is 2.09. The summed E-state index contributed by atoms with van der Waals surface area (Å²) in [7, 11) is 0. The van der Waals surface area contributed by atoms with Crippen molar-refractivity contribution in [2.24, 2.45) is 0 Å². The van der Waals surface area contributed by atoms with Crippen molar-refractivity contribution >= 4 is 33.6 Å². The minimum absolute atomic E-state index is 0.228. The van der Waals surface area contributed by atoms with Crippen molar-refractivity contribution in [1.29, 1.82) is 0 Å². The van der Waals surface area contributed by atoms with Gasteiger partial charge >= 0.3 is 0 Å². The van der Waals surface area contributed by atoms with Crippen LogP contribution in [-0.2, 0) is 0 Å². The van der Waals surface area contributed by atoms with Gasteiger partial charge in [-0.2, -0.15) is 0 Å². The van der Waals surface area contributed by atoms with E-state index in [0.29, 0.717) is 11.0 Å². The third kappa shape index (κ3) is 1.11. The fourth-order valence-corrected chi connectivity index (χ4v) is 1.53. The molecule has 0 aliphatic rings. The van der Waals surface area contributed by atoms with Gasteiger partial charge in [0.15, 0.2) is 0 Å². The van der Waals surface area contributed by atoms with Gasteiger partial charge in [-0.3, -0.25) is 0 Å². The third-order valence-corrected chi connectivity index (χ3v) is 2.03. The summed E-state index contributed by atoms with van der Waals surface area (Å²) in [5.74, 6) is -0.228. The van der Waals surface area contributed by atoms with Gasteiger partial charge in [-0.05, 0) is 34.7 Å². The predicted molar refractivity (Wildman–Crippen MR) is 48.8 cm³/mol. The highest BCUT2D eigenvalue weighted by Crippen LogP contribution is 2.16. The number of aromatic nitrogens is 2. The molecule has 1 N–H and O–H groups in total. The molecule has 0 saturated heterocycles. The summed E-state index contributed by atoms with van der Waals surface area (Å²) in [6.45, 7) is 0. The number of halogens is 2. The lowest BCUT2D eigenvalue weighted by atomic mass is 10.3. The summed E-state index contributed by atoms with van der Waals surface area (Å²) in [4.78, 5) is 6.90. The molecule has 0 atom stereocenters. The molecule has 11 heavy (non-hydrogen) atoms. The van der Waals surface area contributed by atoms with Gasteiger partial charge < -0.3 is 4.98 Å². The zero-order valence-corrected chi connectivity index (χ0v) is 7.59. The number of fused-ring (bicyclic) bond motifs is 1. The molecule has 2 aromatic rings. The van der Waals surface area contributed by atoms with Crippen LogP contribution in [0.5, 0.6) is 0 Å². The average Bonchev–Trinajstić information content (AvgIpc) is 2.31. The molecule has 2 rings (SSSR count). The molecule has 4 heteroatoms. The van der Waals surface area contributed by atoms with E-state index in [4.69, 9.17) is 0 Å². The molecule has 0 bridgehead atoms. The lowest BCUT2D eigenvalue weighted by Gasteiger charge is -1.87. The Morgan fingerprint density at radius 1 is 1.55 bits per heavy atom. The second-order valence-corrected chi connectivity index (χ2v) is 3.33. The number of nitrogens with one attached hydrogen (secondary N) is 1. The van der Waals surface area contributed by atoms with Gasteiger partial charge in [0.05, 0.1) is 9.09 Å². The molecule has 0 fully saturated rings. The first-order valence-electron chi connectivity index (χ1n) is 3.06. The lowest BCUT2D eigenvalue weighted by molar-refractivity contribution is 0.638. The smallest absolute Gasteiger partial charge is 0.141 e. The van der Waals surface area contributed by atoms with E-state index in [9.17, 15) is 4.39 Å². The van der Waals surface area contributed by atoms with Crippen LogP contribution in [0.4, 0.5) is 4.39 Å². The zero-order valence-electron chi connectivity index (χ0n) is 5.44. The van der Waals surface area contributed by atoms with E-state index >= 15 is 0 Å². The molecule has 0 amide bonds. The number of pyridine rings is 1. The van der Waals surface area contributed by atoms with Crippen LogP contribution >= 0.6 is 22.6 Å². The van der Waals surface area contributed by atoms with Crippen molar-refractivity contribution in [2.75, 3.05) is 0 Å². The normalized spacial score (nSPS) is 10.7. The summed E-state index contributed by atoms with van der Waals surface area (Å²) in [6, 6.07) is 3.09. The quantitative estimate of drug-likeness (QED) is 0.725. The van der Waals surface area contributed by atoms with Gasteiger partial charge in [0.2, 0.25) is 0 Å². The zero-order chi connectivity index (χ0) is 7.84. The Kier molecular flexibility index (Phi) is 1.56. The molecule has 56 valence electrons. The van der Waals surface area contributed by atoms with Gasteiger partial charge in [-0.25, -0.2) is 9.37 Å². The second kappa shape index (κ2) is 2.44. The number of hydrogen-bond acceptors (Lipinski definition) is 1. The highest BCUT2D eigenvalue weighted by Gasteiger charge is 2.02. The van der Waals surface area contributed by atoms with Crippen molar-refractivity contribution in [3.63, 3.8) is 0 Å². The van der Waals surface area contributed by atoms with E-state index < -0.39 is 0 Å². The number of rotatable bonds is 0. The van der Waals surface area contributed by atoms with Crippen LogP contribution in [0.25, 0.3) is 11.0 Å². The van der Waals surface area contributed by atoms with E-state index in [1.165, 1.54) is 12.3 Å². The maximum atomic E-state index is 12.9. The standard InChI is InChI=1S/C7H4FIN2/c8-5-1-2-10-7-4(5)3-6(9)11-7/h1-3H,(H,10,11). The molecule has 0 aliphatic heterocycles. The number of nitrogens with zero attached hydrogens (tertiary/aromatic N) is 1. The summed E-state index contributed by atoms with van der Waals surface area (Å²) < 4.78 is 13.8. The molecule has 0 aliphatic carbocycles. The van der Waals surface area contributed by atoms with E-state index in [-0.39, 0.29) is 5.82 Å². The molecule has 0 radical (unpaired) electrons. The lowest BCUT2D eigenvalue weighted by Crippen LogP contribution is -1.78. The minimum Gasteiger partial charge on any atom is -0.335 e. The van der Waals surface area contributed by atoms with Gasteiger partial charge in [-0.15, -0.1) is 0 Å².